The molecule has 1 aromatic heterocycles. The molecule has 104 valence electrons. The Kier molecular flexibility index (Phi) is 3.88. The van der Waals surface area contributed by atoms with Gasteiger partial charge in [0.2, 0.25) is 0 Å². The van der Waals surface area contributed by atoms with Gasteiger partial charge in [-0.05, 0) is 18.4 Å². The van der Waals surface area contributed by atoms with Crippen LogP contribution in [0.5, 0.6) is 0 Å². The fourth-order valence-electron chi connectivity index (χ4n) is 1.93. The second kappa shape index (κ2) is 5.60. The Bertz CT molecular complexity index is 649. The molecular weight excluding hydrogens is 260 g/mol. The van der Waals surface area contributed by atoms with Crippen molar-refractivity contribution in [2.24, 2.45) is 5.92 Å². The highest BCUT2D eigenvalue weighted by atomic mass is 16.6. The van der Waals surface area contributed by atoms with E-state index in [1.807, 2.05) is 13.8 Å². The van der Waals surface area contributed by atoms with Crippen LogP contribution in [0.1, 0.15) is 30.0 Å². The van der Waals surface area contributed by atoms with E-state index in [0.29, 0.717) is 30.0 Å². The van der Waals surface area contributed by atoms with Crippen molar-refractivity contribution in [1.29, 1.82) is 0 Å². The molecule has 1 aromatic carbocycles. The first kappa shape index (κ1) is 13.9. The lowest BCUT2D eigenvalue weighted by atomic mass is 10.1. The zero-order chi connectivity index (χ0) is 14.7. The minimum absolute atomic E-state index is 0.0267. The molecule has 0 unspecified atom stereocenters. The molecule has 0 bridgehead atoms. The fourth-order valence-corrected chi connectivity index (χ4v) is 1.93. The number of nitro groups is 1. The maximum atomic E-state index is 11.0. The number of benzene rings is 1. The van der Waals surface area contributed by atoms with E-state index in [1.165, 1.54) is 16.8 Å². The molecule has 2 aromatic rings. The Labute approximate surface area is 115 Å². The second-order valence-corrected chi connectivity index (χ2v) is 4.83. The minimum Gasteiger partial charge on any atom is -0.296 e. The van der Waals surface area contributed by atoms with Crippen LogP contribution < -0.4 is 0 Å². The summed E-state index contributed by atoms with van der Waals surface area (Å²) >= 11 is 0. The lowest BCUT2D eigenvalue weighted by Crippen LogP contribution is -2.07. The Hall–Kier alpha value is -2.57. The van der Waals surface area contributed by atoms with Crippen LogP contribution in [-0.2, 0) is 6.42 Å². The molecule has 0 spiro atoms. The third-order valence-corrected chi connectivity index (χ3v) is 2.79. The lowest BCUT2D eigenvalue weighted by molar-refractivity contribution is -0.384. The summed E-state index contributed by atoms with van der Waals surface area (Å²) in [4.78, 5) is 21.3. The molecular formula is C13H14N4O3. The average Bonchev–Trinajstić information content (AvgIpc) is 2.81. The third-order valence-electron chi connectivity index (χ3n) is 2.79. The molecule has 7 nitrogen and oxygen atoms in total. The van der Waals surface area contributed by atoms with Crippen molar-refractivity contribution in [1.82, 2.24) is 15.0 Å². The second-order valence-electron chi connectivity index (χ2n) is 4.83. The van der Waals surface area contributed by atoms with E-state index in [2.05, 4.69) is 10.3 Å². The maximum Gasteiger partial charge on any atom is 0.271 e. The quantitative estimate of drug-likeness (QED) is 0.473. The van der Waals surface area contributed by atoms with Crippen LogP contribution >= 0.6 is 0 Å². The van der Waals surface area contributed by atoms with E-state index < -0.39 is 4.92 Å². The summed E-state index contributed by atoms with van der Waals surface area (Å²) in [6.07, 6.45) is 1.27. The first-order valence-electron chi connectivity index (χ1n) is 6.17. The normalized spacial score (nSPS) is 10.8. The topological polar surface area (TPSA) is 90.9 Å². The Morgan fingerprint density at radius 1 is 1.45 bits per heavy atom. The summed E-state index contributed by atoms with van der Waals surface area (Å²) in [5, 5.41) is 18.5. The molecule has 0 fully saturated rings. The molecule has 20 heavy (non-hydrogen) atoms. The third kappa shape index (κ3) is 2.71. The number of carbonyl (C=O) groups excluding carboxylic acids is 1. The van der Waals surface area contributed by atoms with Crippen LogP contribution in [-0.4, -0.2) is 26.2 Å². The van der Waals surface area contributed by atoms with Crippen molar-refractivity contribution in [3.8, 4) is 5.69 Å². The zero-order valence-corrected chi connectivity index (χ0v) is 11.2. The highest BCUT2D eigenvalue weighted by molar-refractivity contribution is 5.73. The maximum absolute atomic E-state index is 11.0. The number of carbonyl (C=O) groups is 1. The summed E-state index contributed by atoms with van der Waals surface area (Å²) in [5.74, 6) is 0.310. The van der Waals surface area contributed by atoms with Gasteiger partial charge in [0.25, 0.3) is 5.69 Å². The van der Waals surface area contributed by atoms with Gasteiger partial charge in [-0.25, -0.2) is 4.68 Å². The molecule has 0 aliphatic heterocycles. The van der Waals surface area contributed by atoms with Crippen LogP contribution in [0.15, 0.2) is 24.3 Å². The van der Waals surface area contributed by atoms with E-state index in [1.54, 1.807) is 12.1 Å². The van der Waals surface area contributed by atoms with Gasteiger partial charge in [-0.2, -0.15) is 0 Å². The smallest absolute Gasteiger partial charge is 0.271 e. The molecule has 0 atom stereocenters. The van der Waals surface area contributed by atoms with Gasteiger partial charge in [0.15, 0.2) is 6.29 Å². The summed E-state index contributed by atoms with van der Waals surface area (Å²) in [6, 6.07) is 6.09. The van der Waals surface area contributed by atoms with Crippen molar-refractivity contribution < 1.29 is 9.72 Å². The monoisotopic (exact) mass is 274 g/mol. The number of rotatable bonds is 5. The lowest BCUT2D eigenvalue weighted by Gasteiger charge is -2.08. The van der Waals surface area contributed by atoms with Crippen molar-refractivity contribution in [3.05, 3.63) is 45.8 Å². The van der Waals surface area contributed by atoms with E-state index in [-0.39, 0.29) is 11.4 Å². The molecule has 2 rings (SSSR count). The van der Waals surface area contributed by atoms with Gasteiger partial charge in [0.05, 0.1) is 16.3 Å². The summed E-state index contributed by atoms with van der Waals surface area (Å²) < 4.78 is 1.48. The van der Waals surface area contributed by atoms with E-state index >= 15 is 0 Å². The number of aldehydes is 1. The first-order chi connectivity index (χ1) is 9.52. The molecule has 0 N–H and O–H groups in total. The number of non-ortho nitro benzene ring substituents is 1. The van der Waals surface area contributed by atoms with Gasteiger partial charge in [-0.3, -0.25) is 14.9 Å². The molecule has 0 saturated heterocycles. The van der Waals surface area contributed by atoms with Crippen molar-refractivity contribution in [2.75, 3.05) is 0 Å². The molecule has 0 amide bonds. The zero-order valence-electron chi connectivity index (χ0n) is 11.2. The van der Waals surface area contributed by atoms with Gasteiger partial charge < -0.3 is 0 Å². The number of nitro benzene ring substituents is 1. The predicted octanol–water partition coefficient (Wildman–Crippen LogP) is 2.19. The van der Waals surface area contributed by atoms with Gasteiger partial charge in [0, 0.05) is 12.1 Å². The Balaban J connectivity index is 2.52. The van der Waals surface area contributed by atoms with E-state index in [9.17, 15) is 14.9 Å². The van der Waals surface area contributed by atoms with Crippen molar-refractivity contribution in [3.63, 3.8) is 0 Å². The Morgan fingerprint density at radius 3 is 2.80 bits per heavy atom. The summed E-state index contributed by atoms with van der Waals surface area (Å²) in [5.41, 5.74) is 1.43. The number of aromatic nitrogens is 3. The van der Waals surface area contributed by atoms with Gasteiger partial charge in [-0.1, -0.05) is 25.1 Å². The fraction of sp³-hybridized carbons (Fsp3) is 0.308. The predicted molar refractivity (Wildman–Crippen MR) is 71.9 cm³/mol. The highest BCUT2D eigenvalue weighted by Gasteiger charge is 2.16. The molecule has 1 heterocycles. The van der Waals surface area contributed by atoms with Crippen LogP contribution in [0, 0.1) is 16.0 Å². The number of hydrogen-bond donors (Lipinski definition) is 0. The highest BCUT2D eigenvalue weighted by Crippen LogP contribution is 2.20. The molecule has 0 aliphatic rings. The molecule has 0 saturated carbocycles. The first-order valence-corrected chi connectivity index (χ1v) is 6.17. The standard InChI is InChI=1S/C13H14N4O3/c1-9(2)6-13-12(8-18)14-15-16(13)10-4-3-5-11(7-10)17(19)20/h3-5,7-9H,6H2,1-2H3. The molecule has 7 heteroatoms. The van der Waals surface area contributed by atoms with E-state index in [4.69, 9.17) is 0 Å². The minimum atomic E-state index is -0.469. The van der Waals surface area contributed by atoms with Crippen LogP contribution in [0.25, 0.3) is 5.69 Å². The van der Waals surface area contributed by atoms with Gasteiger partial charge in [0.1, 0.15) is 5.69 Å². The van der Waals surface area contributed by atoms with Gasteiger partial charge >= 0.3 is 0 Å². The van der Waals surface area contributed by atoms with Crippen LogP contribution in [0.4, 0.5) is 5.69 Å². The summed E-state index contributed by atoms with van der Waals surface area (Å²) in [7, 11) is 0. The number of hydrogen-bond acceptors (Lipinski definition) is 5. The average molecular weight is 274 g/mol. The SMILES string of the molecule is CC(C)Cc1c(C=O)nnn1-c1cccc([N+](=O)[O-])c1. The molecule has 0 aliphatic carbocycles. The largest absolute Gasteiger partial charge is 0.296 e. The van der Waals surface area contributed by atoms with E-state index in [0.717, 1.165) is 0 Å². The number of nitrogens with zero attached hydrogens (tertiary/aromatic N) is 4. The van der Waals surface area contributed by atoms with Crippen molar-refractivity contribution >= 4 is 12.0 Å². The van der Waals surface area contributed by atoms with Gasteiger partial charge in [-0.15, -0.1) is 5.10 Å². The van der Waals surface area contributed by atoms with Crippen LogP contribution in [0.3, 0.4) is 0 Å². The summed E-state index contributed by atoms with van der Waals surface area (Å²) in [6.45, 7) is 4.03. The molecule has 0 radical (unpaired) electrons. The Morgan fingerprint density at radius 2 is 2.20 bits per heavy atom. The van der Waals surface area contributed by atoms with Crippen molar-refractivity contribution in [2.45, 2.75) is 20.3 Å². The van der Waals surface area contributed by atoms with Crippen LogP contribution in [0.2, 0.25) is 0 Å².